The first-order valence-electron chi connectivity index (χ1n) is 5.69. The maximum atomic E-state index is 11.7. The quantitative estimate of drug-likeness (QED) is 0.718. The summed E-state index contributed by atoms with van der Waals surface area (Å²) < 4.78 is 39.5. The predicted octanol–water partition coefficient (Wildman–Crippen LogP) is 1.45. The number of alkyl halides is 3. The van der Waals surface area contributed by atoms with Crippen molar-refractivity contribution in [3.8, 4) is 0 Å². The van der Waals surface area contributed by atoms with Gasteiger partial charge in [0.25, 0.3) is 0 Å². The van der Waals surface area contributed by atoms with Crippen LogP contribution in [0.2, 0.25) is 0 Å². The lowest BCUT2D eigenvalue weighted by atomic mass is 9.85. The van der Waals surface area contributed by atoms with E-state index in [0.29, 0.717) is 0 Å². The largest absolute Gasteiger partial charge is 0.411 e. The molecule has 0 aliphatic heterocycles. The number of amides is 1. The van der Waals surface area contributed by atoms with Crippen molar-refractivity contribution in [2.75, 3.05) is 19.8 Å². The minimum atomic E-state index is -4.33. The van der Waals surface area contributed by atoms with Gasteiger partial charge in [0.2, 0.25) is 5.91 Å². The van der Waals surface area contributed by atoms with Crippen LogP contribution in [-0.2, 0) is 9.53 Å². The van der Waals surface area contributed by atoms with Crippen LogP contribution in [0.15, 0.2) is 0 Å². The van der Waals surface area contributed by atoms with Crippen molar-refractivity contribution < 1.29 is 22.7 Å². The Kier molecular flexibility index (Phi) is 6.62. The number of halogens is 3. The fraction of sp³-hybridized carbons (Fsp3) is 0.909. The van der Waals surface area contributed by atoms with Gasteiger partial charge < -0.3 is 15.8 Å². The summed E-state index contributed by atoms with van der Waals surface area (Å²) in [6.07, 6.45) is -4.19. The highest BCUT2D eigenvalue weighted by Gasteiger charge is 2.27. The zero-order chi connectivity index (χ0) is 14.4. The van der Waals surface area contributed by atoms with Gasteiger partial charge in [-0.1, -0.05) is 20.8 Å². The Balaban J connectivity index is 3.67. The molecular formula is C11H21F3N2O2. The average molecular weight is 270 g/mol. The van der Waals surface area contributed by atoms with Gasteiger partial charge in [-0.15, -0.1) is 0 Å². The molecule has 0 rings (SSSR count). The Morgan fingerprint density at radius 1 is 1.33 bits per heavy atom. The molecule has 3 N–H and O–H groups in total. The van der Waals surface area contributed by atoms with Crippen LogP contribution in [0.3, 0.4) is 0 Å². The molecule has 0 aliphatic carbocycles. The number of nitrogens with two attached hydrogens (primary N) is 1. The molecule has 0 aromatic heterocycles. The topological polar surface area (TPSA) is 64.4 Å². The van der Waals surface area contributed by atoms with Crippen molar-refractivity contribution in [1.29, 1.82) is 0 Å². The second kappa shape index (κ2) is 6.94. The van der Waals surface area contributed by atoms with E-state index in [2.05, 4.69) is 10.1 Å². The molecule has 108 valence electrons. The van der Waals surface area contributed by atoms with Gasteiger partial charge in [-0.05, 0) is 5.41 Å². The third kappa shape index (κ3) is 9.23. The second-order valence-corrected chi connectivity index (χ2v) is 5.19. The van der Waals surface area contributed by atoms with Crippen LogP contribution in [0.1, 0.15) is 27.2 Å². The molecule has 0 fully saturated rings. The molecule has 0 aliphatic rings. The van der Waals surface area contributed by atoms with Crippen molar-refractivity contribution in [3.05, 3.63) is 0 Å². The number of ether oxygens (including phenoxy) is 1. The van der Waals surface area contributed by atoms with Gasteiger partial charge in [-0.25, -0.2) is 0 Å². The molecule has 0 aromatic rings. The first kappa shape index (κ1) is 17.2. The lowest BCUT2D eigenvalue weighted by Gasteiger charge is -2.26. The summed E-state index contributed by atoms with van der Waals surface area (Å²) in [5.74, 6) is -0.284. The zero-order valence-corrected chi connectivity index (χ0v) is 10.9. The highest BCUT2D eigenvalue weighted by molar-refractivity contribution is 5.76. The summed E-state index contributed by atoms with van der Waals surface area (Å²) in [4.78, 5) is 11.4. The van der Waals surface area contributed by atoms with E-state index in [4.69, 9.17) is 5.73 Å². The van der Waals surface area contributed by atoms with Crippen LogP contribution in [0.5, 0.6) is 0 Å². The van der Waals surface area contributed by atoms with E-state index >= 15 is 0 Å². The summed E-state index contributed by atoms with van der Waals surface area (Å²) in [5, 5.41) is 2.46. The number of nitrogens with one attached hydrogen (secondary N) is 1. The number of carbonyl (C=O) groups excluding carboxylic acids is 1. The van der Waals surface area contributed by atoms with E-state index in [0.717, 1.165) is 0 Å². The summed E-state index contributed by atoms with van der Waals surface area (Å²) >= 11 is 0. The van der Waals surface area contributed by atoms with E-state index in [9.17, 15) is 18.0 Å². The van der Waals surface area contributed by atoms with Crippen LogP contribution < -0.4 is 11.1 Å². The number of hydrogen-bond acceptors (Lipinski definition) is 3. The molecule has 0 spiro atoms. The van der Waals surface area contributed by atoms with Gasteiger partial charge in [0.1, 0.15) is 6.61 Å². The van der Waals surface area contributed by atoms with E-state index in [1.807, 2.05) is 20.8 Å². The van der Waals surface area contributed by atoms with Gasteiger partial charge in [-0.3, -0.25) is 4.79 Å². The van der Waals surface area contributed by atoms with Gasteiger partial charge in [0.15, 0.2) is 0 Å². The molecule has 0 radical (unpaired) electrons. The third-order valence-corrected chi connectivity index (χ3v) is 2.35. The van der Waals surface area contributed by atoms with E-state index in [-0.39, 0.29) is 36.9 Å². The van der Waals surface area contributed by atoms with Crippen molar-refractivity contribution in [3.63, 3.8) is 0 Å². The minimum absolute atomic E-state index is 0.0474. The Morgan fingerprint density at radius 2 is 1.89 bits per heavy atom. The fourth-order valence-electron chi connectivity index (χ4n) is 1.03. The van der Waals surface area contributed by atoms with E-state index in [1.54, 1.807) is 0 Å². The first-order chi connectivity index (χ1) is 8.02. The molecule has 4 nitrogen and oxygen atoms in total. The maximum Gasteiger partial charge on any atom is 0.411 e. The third-order valence-electron chi connectivity index (χ3n) is 2.35. The van der Waals surface area contributed by atoms with Gasteiger partial charge in [0, 0.05) is 19.0 Å². The highest BCUT2D eigenvalue weighted by atomic mass is 19.4. The smallest absolute Gasteiger partial charge is 0.370 e. The second-order valence-electron chi connectivity index (χ2n) is 5.19. The van der Waals surface area contributed by atoms with Crippen molar-refractivity contribution in [2.45, 2.75) is 39.4 Å². The summed E-state index contributed by atoms with van der Waals surface area (Å²) in [5.41, 5.74) is 5.61. The monoisotopic (exact) mass is 270 g/mol. The Labute approximate surface area is 105 Å². The van der Waals surface area contributed by atoms with E-state index < -0.39 is 12.8 Å². The summed E-state index contributed by atoms with van der Waals surface area (Å²) in [6, 6.07) is -0.298. The molecular weight excluding hydrogens is 249 g/mol. The number of rotatable bonds is 6. The minimum Gasteiger partial charge on any atom is -0.370 e. The lowest BCUT2D eigenvalue weighted by molar-refractivity contribution is -0.173. The zero-order valence-electron chi connectivity index (χ0n) is 10.9. The summed E-state index contributed by atoms with van der Waals surface area (Å²) in [7, 11) is 0. The van der Waals surface area contributed by atoms with E-state index in [1.165, 1.54) is 0 Å². The van der Waals surface area contributed by atoms with Gasteiger partial charge >= 0.3 is 6.18 Å². The number of carbonyl (C=O) groups is 1. The molecule has 0 bridgehead atoms. The van der Waals surface area contributed by atoms with Crippen molar-refractivity contribution >= 4 is 5.91 Å². The van der Waals surface area contributed by atoms with Crippen LogP contribution in [0.25, 0.3) is 0 Å². The predicted molar refractivity (Wildman–Crippen MR) is 61.9 cm³/mol. The Morgan fingerprint density at radius 3 is 2.33 bits per heavy atom. The van der Waals surface area contributed by atoms with Crippen molar-refractivity contribution in [1.82, 2.24) is 5.32 Å². The van der Waals surface area contributed by atoms with Crippen LogP contribution in [0.4, 0.5) is 13.2 Å². The molecule has 0 saturated heterocycles. The fourth-order valence-corrected chi connectivity index (χ4v) is 1.03. The molecule has 1 unspecified atom stereocenters. The normalized spacial score (nSPS) is 14.4. The van der Waals surface area contributed by atoms with Crippen molar-refractivity contribution in [2.24, 2.45) is 11.1 Å². The molecule has 1 atom stereocenters. The molecule has 1 amide bonds. The van der Waals surface area contributed by atoms with Crippen LogP contribution >= 0.6 is 0 Å². The standard InChI is InChI=1S/C11H21F3N2O2/c1-10(2,3)8(15)6-9(17)16-4-5-18-7-11(12,13)14/h8H,4-7,15H2,1-3H3,(H,16,17). The summed E-state index contributed by atoms with van der Waals surface area (Å²) in [6.45, 7) is 4.32. The first-order valence-corrected chi connectivity index (χ1v) is 5.69. The Bertz CT molecular complexity index is 262. The molecule has 0 heterocycles. The van der Waals surface area contributed by atoms with Crippen LogP contribution in [-0.4, -0.2) is 37.9 Å². The Hall–Kier alpha value is -0.820. The van der Waals surface area contributed by atoms with Gasteiger partial charge in [0.05, 0.1) is 6.61 Å². The van der Waals surface area contributed by atoms with Crippen LogP contribution in [0, 0.1) is 5.41 Å². The molecule has 18 heavy (non-hydrogen) atoms. The molecule has 7 heteroatoms. The molecule has 0 aromatic carbocycles. The average Bonchev–Trinajstić information content (AvgIpc) is 2.13. The van der Waals surface area contributed by atoms with Gasteiger partial charge in [-0.2, -0.15) is 13.2 Å². The highest BCUT2D eigenvalue weighted by Crippen LogP contribution is 2.19. The molecule has 0 saturated carbocycles. The lowest BCUT2D eigenvalue weighted by Crippen LogP contribution is -2.40. The number of hydrogen-bond donors (Lipinski definition) is 2. The SMILES string of the molecule is CC(C)(C)C(N)CC(=O)NCCOCC(F)(F)F. The maximum absolute atomic E-state index is 11.7.